The summed E-state index contributed by atoms with van der Waals surface area (Å²) in [5, 5.41) is 16.6. The van der Waals surface area contributed by atoms with Crippen molar-refractivity contribution >= 4 is 6.09 Å². The zero-order valence-corrected chi connectivity index (χ0v) is 15.3. The molecule has 0 heterocycles. The molecule has 2 aliphatic carbocycles. The zero-order chi connectivity index (χ0) is 17.3. The van der Waals surface area contributed by atoms with Crippen LogP contribution in [0.3, 0.4) is 0 Å². The Hall–Kier alpha value is -0.810. The number of hydrogen-bond acceptors (Lipinski definition) is 4. The van der Waals surface area contributed by atoms with Gasteiger partial charge in [0.15, 0.2) is 0 Å². The smallest absolute Gasteiger partial charge is 0.407 e. The van der Waals surface area contributed by atoms with Crippen molar-refractivity contribution in [1.29, 1.82) is 0 Å². The van der Waals surface area contributed by atoms with Crippen molar-refractivity contribution in [2.75, 3.05) is 6.54 Å². The molecule has 5 heteroatoms. The number of rotatable bonds is 4. The minimum Gasteiger partial charge on any atom is -0.444 e. The molecule has 134 valence electrons. The lowest BCUT2D eigenvalue weighted by molar-refractivity contribution is -0.0792. The summed E-state index contributed by atoms with van der Waals surface area (Å²) < 4.78 is 5.32. The van der Waals surface area contributed by atoms with E-state index in [2.05, 4.69) is 24.5 Å². The summed E-state index contributed by atoms with van der Waals surface area (Å²) in [6.07, 6.45) is 5.01. The van der Waals surface area contributed by atoms with Crippen LogP contribution in [0.1, 0.15) is 66.7 Å². The first-order valence-corrected chi connectivity index (χ1v) is 9.00. The molecule has 0 aliphatic heterocycles. The lowest BCUT2D eigenvalue weighted by atomic mass is 9.64. The third-order valence-corrected chi connectivity index (χ3v) is 5.45. The summed E-state index contributed by atoms with van der Waals surface area (Å²) in [4.78, 5) is 11.9. The van der Waals surface area contributed by atoms with E-state index >= 15 is 0 Å². The summed E-state index contributed by atoms with van der Waals surface area (Å²) in [5.41, 5.74) is -0.513. The Morgan fingerprint density at radius 2 is 1.91 bits per heavy atom. The highest BCUT2D eigenvalue weighted by Gasteiger charge is 2.48. The molecule has 2 rings (SSSR count). The van der Waals surface area contributed by atoms with E-state index in [0.717, 1.165) is 19.3 Å². The molecule has 0 radical (unpaired) electrons. The van der Waals surface area contributed by atoms with Crippen molar-refractivity contribution in [3.05, 3.63) is 0 Å². The molecular formula is C18H34N2O3. The van der Waals surface area contributed by atoms with E-state index < -0.39 is 5.60 Å². The molecule has 23 heavy (non-hydrogen) atoms. The third kappa shape index (κ3) is 4.83. The average Bonchev–Trinajstić information content (AvgIpc) is 2.44. The predicted octanol–water partition coefficient (Wildman–Crippen LogP) is 2.82. The Morgan fingerprint density at radius 3 is 2.48 bits per heavy atom. The highest BCUT2D eigenvalue weighted by Crippen LogP contribution is 2.41. The lowest BCUT2D eigenvalue weighted by Gasteiger charge is -2.52. The van der Waals surface area contributed by atoms with Gasteiger partial charge in [-0.25, -0.2) is 4.79 Å². The fourth-order valence-corrected chi connectivity index (χ4v) is 3.64. The number of carbonyl (C=O) groups is 1. The van der Waals surface area contributed by atoms with Crippen molar-refractivity contribution < 1.29 is 14.6 Å². The Kier molecular flexibility index (Phi) is 5.62. The zero-order valence-electron chi connectivity index (χ0n) is 15.3. The summed E-state index contributed by atoms with van der Waals surface area (Å²) >= 11 is 0. The van der Waals surface area contributed by atoms with Gasteiger partial charge in [-0.05, 0) is 46.0 Å². The van der Waals surface area contributed by atoms with E-state index in [1.807, 2.05) is 20.8 Å². The van der Waals surface area contributed by atoms with Gasteiger partial charge < -0.3 is 20.5 Å². The fourth-order valence-electron chi connectivity index (χ4n) is 3.64. The maximum atomic E-state index is 11.9. The number of alkyl carbamates (subject to hydrolysis) is 1. The van der Waals surface area contributed by atoms with Gasteiger partial charge in [-0.3, -0.25) is 0 Å². The van der Waals surface area contributed by atoms with Gasteiger partial charge in [-0.1, -0.05) is 26.7 Å². The summed E-state index contributed by atoms with van der Waals surface area (Å²) in [7, 11) is 0. The molecule has 2 saturated carbocycles. The molecule has 4 atom stereocenters. The van der Waals surface area contributed by atoms with E-state index in [1.165, 1.54) is 12.8 Å². The van der Waals surface area contributed by atoms with Gasteiger partial charge >= 0.3 is 6.09 Å². The van der Waals surface area contributed by atoms with Crippen molar-refractivity contribution in [2.45, 2.75) is 90.5 Å². The Labute approximate surface area is 140 Å². The van der Waals surface area contributed by atoms with Gasteiger partial charge in [0.05, 0.1) is 6.10 Å². The first-order valence-electron chi connectivity index (χ1n) is 9.00. The standard InChI is InChI=1S/C18H34N2O3/c1-17(2,3)23-16(22)19-11-12-8-6-7-9-13(12)20-14-10-15(21)18(14,4)5/h12-15,20-21H,6-11H2,1-5H3,(H,19,22). The quantitative estimate of drug-likeness (QED) is 0.743. The molecule has 4 unspecified atom stereocenters. The van der Waals surface area contributed by atoms with E-state index in [1.54, 1.807) is 0 Å². The SMILES string of the molecule is CC(C)(C)OC(=O)NCC1CCCCC1NC1CC(O)C1(C)C. The van der Waals surface area contributed by atoms with Crippen LogP contribution in [0.2, 0.25) is 0 Å². The van der Waals surface area contributed by atoms with Gasteiger partial charge in [0.1, 0.15) is 5.60 Å². The van der Waals surface area contributed by atoms with Gasteiger partial charge in [-0.2, -0.15) is 0 Å². The van der Waals surface area contributed by atoms with Crippen LogP contribution in [0, 0.1) is 11.3 Å². The van der Waals surface area contributed by atoms with Crippen LogP contribution in [-0.2, 0) is 4.74 Å². The van der Waals surface area contributed by atoms with Crippen LogP contribution in [0.15, 0.2) is 0 Å². The fraction of sp³-hybridized carbons (Fsp3) is 0.944. The maximum Gasteiger partial charge on any atom is 0.407 e. The van der Waals surface area contributed by atoms with Crippen LogP contribution in [-0.4, -0.2) is 41.5 Å². The number of aliphatic hydroxyl groups is 1. The number of amides is 1. The second-order valence-corrected chi connectivity index (χ2v) is 8.83. The van der Waals surface area contributed by atoms with Crippen LogP contribution >= 0.6 is 0 Å². The largest absolute Gasteiger partial charge is 0.444 e. The average molecular weight is 326 g/mol. The molecule has 0 saturated heterocycles. The van der Waals surface area contributed by atoms with E-state index in [9.17, 15) is 9.90 Å². The molecule has 0 aromatic carbocycles. The molecule has 5 nitrogen and oxygen atoms in total. The van der Waals surface area contributed by atoms with Gasteiger partial charge in [0.2, 0.25) is 0 Å². The van der Waals surface area contributed by atoms with Crippen LogP contribution in [0.25, 0.3) is 0 Å². The Bertz CT molecular complexity index is 417. The van der Waals surface area contributed by atoms with E-state index in [-0.39, 0.29) is 17.6 Å². The Morgan fingerprint density at radius 1 is 1.26 bits per heavy atom. The van der Waals surface area contributed by atoms with Gasteiger partial charge in [-0.15, -0.1) is 0 Å². The highest BCUT2D eigenvalue weighted by atomic mass is 16.6. The number of ether oxygens (including phenoxy) is 1. The predicted molar refractivity (Wildman–Crippen MR) is 91.3 cm³/mol. The number of carbonyl (C=O) groups excluding carboxylic acids is 1. The first-order chi connectivity index (χ1) is 10.6. The van der Waals surface area contributed by atoms with Gasteiger partial charge in [0.25, 0.3) is 0 Å². The van der Waals surface area contributed by atoms with Crippen molar-refractivity contribution in [2.24, 2.45) is 11.3 Å². The van der Waals surface area contributed by atoms with Crippen LogP contribution < -0.4 is 10.6 Å². The summed E-state index contributed by atoms with van der Waals surface area (Å²) in [5.74, 6) is 0.435. The summed E-state index contributed by atoms with van der Waals surface area (Å²) in [6.45, 7) is 10.5. The monoisotopic (exact) mass is 326 g/mol. The summed E-state index contributed by atoms with van der Waals surface area (Å²) in [6, 6.07) is 0.778. The molecule has 0 bridgehead atoms. The minimum atomic E-state index is -0.458. The molecule has 0 aromatic rings. The van der Waals surface area contributed by atoms with Gasteiger partial charge in [0, 0.05) is 24.0 Å². The van der Waals surface area contributed by atoms with Crippen LogP contribution in [0.5, 0.6) is 0 Å². The Balaban J connectivity index is 1.83. The normalized spacial score (nSPS) is 33.7. The second kappa shape index (κ2) is 6.98. The number of nitrogens with one attached hydrogen (secondary N) is 2. The molecule has 1 amide bonds. The first kappa shape index (κ1) is 18.5. The third-order valence-electron chi connectivity index (χ3n) is 5.45. The van der Waals surface area contributed by atoms with E-state index in [0.29, 0.717) is 24.5 Å². The molecule has 0 spiro atoms. The molecule has 0 aromatic heterocycles. The molecule has 2 fully saturated rings. The highest BCUT2D eigenvalue weighted by molar-refractivity contribution is 5.67. The van der Waals surface area contributed by atoms with Crippen LogP contribution in [0.4, 0.5) is 4.79 Å². The lowest BCUT2D eigenvalue weighted by Crippen LogP contribution is -2.63. The van der Waals surface area contributed by atoms with Crippen molar-refractivity contribution in [1.82, 2.24) is 10.6 Å². The minimum absolute atomic E-state index is 0.0550. The van der Waals surface area contributed by atoms with Crippen molar-refractivity contribution in [3.63, 3.8) is 0 Å². The van der Waals surface area contributed by atoms with Crippen molar-refractivity contribution in [3.8, 4) is 0 Å². The maximum absolute atomic E-state index is 11.9. The second-order valence-electron chi connectivity index (χ2n) is 8.83. The topological polar surface area (TPSA) is 70.6 Å². The number of hydrogen-bond donors (Lipinski definition) is 3. The van der Waals surface area contributed by atoms with E-state index in [4.69, 9.17) is 4.74 Å². The molecular weight excluding hydrogens is 292 g/mol. The molecule has 3 N–H and O–H groups in total. The number of aliphatic hydroxyl groups excluding tert-OH is 1. The molecule has 2 aliphatic rings.